The maximum atomic E-state index is 13.7. The number of nitrogens with one attached hydrogen (secondary N) is 1. The molecule has 3 aliphatic rings. The second-order valence-electron chi connectivity index (χ2n) is 12.7. The molecule has 45 heavy (non-hydrogen) atoms. The highest BCUT2D eigenvalue weighted by Crippen LogP contribution is 2.40. The number of nitrogens with two attached hydrogens (primary N) is 1. The van der Waals surface area contributed by atoms with E-state index in [1.807, 2.05) is 30.1 Å². The molecule has 11 heteroatoms. The molecule has 3 aromatic heterocycles. The van der Waals surface area contributed by atoms with E-state index in [2.05, 4.69) is 26.6 Å². The molecule has 2 aliphatic carbocycles. The number of benzene rings is 2. The number of hydrogen-bond acceptors (Lipinski definition) is 8. The van der Waals surface area contributed by atoms with Crippen LogP contribution in [0.15, 0.2) is 48.5 Å². The lowest BCUT2D eigenvalue weighted by molar-refractivity contribution is 0.0700. The van der Waals surface area contributed by atoms with Gasteiger partial charge < -0.3 is 39.7 Å². The predicted molar refractivity (Wildman–Crippen MR) is 172 cm³/mol. The molecule has 2 bridgehead atoms. The van der Waals surface area contributed by atoms with E-state index in [-0.39, 0.29) is 23.7 Å². The number of nitrogens with zero attached hydrogens (tertiary/aromatic N) is 5. The summed E-state index contributed by atoms with van der Waals surface area (Å²) in [7, 11) is 5.15. The number of imidazole rings is 1. The Morgan fingerprint density at radius 1 is 1.02 bits per heavy atom. The number of likely N-dealkylation sites (tertiary alicyclic amines) is 1. The Bertz CT molecular complexity index is 1980. The number of aryl methyl sites for hydroxylation is 1. The Labute approximate surface area is 260 Å². The predicted octanol–water partition coefficient (Wildman–Crippen LogP) is 5.03. The monoisotopic (exact) mass is 607 g/mol. The van der Waals surface area contributed by atoms with Gasteiger partial charge in [0.25, 0.3) is 5.91 Å². The molecule has 232 valence electrons. The second-order valence-corrected chi connectivity index (χ2v) is 12.7. The number of carbonyl (C=O) groups is 1. The summed E-state index contributed by atoms with van der Waals surface area (Å²) in [6.07, 6.45) is 4.43. The molecule has 5 aromatic rings. The lowest BCUT2D eigenvalue weighted by Gasteiger charge is -2.27. The molecular formula is C34H37N7O4. The molecule has 2 saturated carbocycles. The van der Waals surface area contributed by atoms with Crippen LogP contribution in [0.2, 0.25) is 0 Å². The highest BCUT2D eigenvalue weighted by atomic mass is 16.5. The number of amides is 1. The van der Waals surface area contributed by atoms with Crippen LogP contribution >= 0.6 is 0 Å². The summed E-state index contributed by atoms with van der Waals surface area (Å²) in [4.78, 5) is 25.8. The van der Waals surface area contributed by atoms with Crippen molar-refractivity contribution >= 4 is 39.5 Å². The van der Waals surface area contributed by atoms with Gasteiger partial charge in [-0.3, -0.25) is 4.79 Å². The molecule has 2 unspecified atom stereocenters. The zero-order chi connectivity index (χ0) is 31.0. The molecule has 3 atom stereocenters. The molecule has 1 saturated heterocycles. The van der Waals surface area contributed by atoms with Crippen LogP contribution in [0, 0.1) is 11.8 Å². The number of phenolic OH excluding ortho intramolecular Hbond substituents is 1. The van der Waals surface area contributed by atoms with E-state index >= 15 is 0 Å². The van der Waals surface area contributed by atoms with Crippen molar-refractivity contribution in [2.45, 2.75) is 44.3 Å². The van der Waals surface area contributed by atoms with Gasteiger partial charge in [-0.15, -0.1) is 0 Å². The summed E-state index contributed by atoms with van der Waals surface area (Å²) in [6.45, 7) is 1.55. The van der Waals surface area contributed by atoms with Crippen molar-refractivity contribution in [2.24, 2.45) is 24.6 Å². The van der Waals surface area contributed by atoms with Gasteiger partial charge in [-0.2, -0.15) is 0 Å². The van der Waals surface area contributed by atoms with Gasteiger partial charge in [-0.25, -0.2) is 9.97 Å². The van der Waals surface area contributed by atoms with Crippen LogP contribution in [0.4, 0.5) is 11.5 Å². The number of anilines is 2. The normalized spacial score (nSPS) is 20.8. The van der Waals surface area contributed by atoms with Gasteiger partial charge >= 0.3 is 0 Å². The number of rotatable bonds is 8. The van der Waals surface area contributed by atoms with Crippen molar-refractivity contribution in [2.75, 3.05) is 26.1 Å². The topological polar surface area (TPSA) is 133 Å². The number of fused-ring (bicyclic) bond motifs is 4. The Kier molecular flexibility index (Phi) is 6.42. The first-order chi connectivity index (χ1) is 21.8. The summed E-state index contributed by atoms with van der Waals surface area (Å²) in [5.74, 6) is 3.51. The Hall–Kier alpha value is -4.77. The van der Waals surface area contributed by atoms with Crippen LogP contribution in [0.1, 0.15) is 36.0 Å². The number of piperidine rings is 1. The van der Waals surface area contributed by atoms with Crippen molar-refractivity contribution in [1.82, 2.24) is 24.0 Å². The fourth-order valence-electron chi connectivity index (χ4n) is 7.30. The van der Waals surface area contributed by atoms with Crippen molar-refractivity contribution in [3.63, 3.8) is 0 Å². The minimum absolute atomic E-state index is 0.0108. The van der Waals surface area contributed by atoms with Gasteiger partial charge in [0.2, 0.25) is 0 Å². The molecule has 2 aromatic carbocycles. The summed E-state index contributed by atoms with van der Waals surface area (Å²) in [5, 5.41) is 14.4. The zero-order valence-electron chi connectivity index (χ0n) is 25.7. The van der Waals surface area contributed by atoms with Gasteiger partial charge in [0.15, 0.2) is 17.3 Å². The first-order valence-corrected chi connectivity index (χ1v) is 15.6. The molecular weight excluding hydrogens is 570 g/mol. The molecule has 3 fully saturated rings. The number of phenols is 1. The molecule has 1 aliphatic heterocycles. The van der Waals surface area contributed by atoms with E-state index < -0.39 is 0 Å². The van der Waals surface area contributed by atoms with E-state index in [4.69, 9.17) is 25.2 Å². The van der Waals surface area contributed by atoms with Crippen molar-refractivity contribution < 1.29 is 19.4 Å². The summed E-state index contributed by atoms with van der Waals surface area (Å²) < 4.78 is 15.4. The maximum Gasteiger partial charge on any atom is 0.254 e. The third-order valence-corrected chi connectivity index (χ3v) is 9.88. The lowest BCUT2D eigenvalue weighted by Crippen LogP contribution is -2.41. The van der Waals surface area contributed by atoms with Crippen molar-refractivity contribution in [3.8, 4) is 28.8 Å². The van der Waals surface area contributed by atoms with Crippen LogP contribution in [0.25, 0.3) is 33.6 Å². The molecule has 4 heterocycles. The highest BCUT2D eigenvalue weighted by molar-refractivity contribution is 6.00. The van der Waals surface area contributed by atoms with Gasteiger partial charge in [0.05, 0.1) is 25.4 Å². The third kappa shape index (κ3) is 4.56. The van der Waals surface area contributed by atoms with E-state index in [0.29, 0.717) is 46.8 Å². The van der Waals surface area contributed by atoms with E-state index in [1.54, 1.807) is 25.3 Å². The number of pyridine rings is 1. The molecule has 0 radical (unpaired) electrons. The minimum Gasteiger partial charge on any atom is -0.504 e. The maximum absolute atomic E-state index is 13.7. The fraction of sp³-hybridized carbons (Fsp3) is 0.382. The SMILES string of the molecule is COc1cc(Nc2ccc3cc(-c4nc5cc(C(=O)N6CC7CCC6[C@@H]7N)cc(OC)c5n4C)n(CC4CC4)c3n2)ccc1O. The van der Waals surface area contributed by atoms with Crippen molar-refractivity contribution in [1.29, 1.82) is 0 Å². The molecule has 4 N–H and O–H groups in total. The quantitative estimate of drug-likeness (QED) is 0.209. The highest BCUT2D eigenvalue weighted by Gasteiger charge is 2.47. The summed E-state index contributed by atoms with van der Waals surface area (Å²) in [5.41, 5.74) is 11.1. The van der Waals surface area contributed by atoms with E-state index in [0.717, 1.165) is 53.1 Å². The first kappa shape index (κ1) is 27.8. The van der Waals surface area contributed by atoms with Gasteiger partial charge in [0.1, 0.15) is 22.7 Å². The third-order valence-electron chi connectivity index (χ3n) is 9.88. The van der Waals surface area contributed by atoms with Crippen LogP contribution in [-0.4, -0.2) is 67.9 Å². The number of aromatic hydroxyl groups is 1. The standard InChI is InChI=1S/C34H37N7O4/c1-39-31-23(12-21(14-28(31)45-3)34(43)41-17-20-6-9-24(41)30(20)35)37-33(39)25-13-19-7-11-29(38-32(19)40(25)16-18-4-5-18)36-22-8-10-26(42)27(15-22)44-2/h7-8,10-15,18,20,24,30,42H,4-6,9,16-17,35H2,1-3H3,(H,36,38)/t20?,24?,30-/m1/s1. The number of methoxy groups -OCH3 is 2. The average molecular weight is 608 g/mol. The van der Waals surface area contributed by atoms with Crippen LogP contribution in [0.5, 0.6) is 17.2 Å². The number of aromatic nitrogens is 4. The largest absolute Gasteiger partial charge is 0.504 e. The summed E-state index contributed by atoms with van der Waals surface area (Å²) >= 11 is 0. The van der Waals surface area contributed by atoms with Crippen molar-refractivity contribution in [3.05, 3.63) is 54.1 Å². The van der Waals surface area contributed by atoms with E-state index in [9.17, 15) is 9.90 Å². The lowest BCUT2D eigenvalue weighted by atomic mass is 10.1. The van der Waals surface area contributed by atoms with E-state index in [1.165, 1.54) is 20.0 Å². The molecule has 11 nitrogen and oxygen atoms in total. The second kappa shape index (κ2) is 10.4. The zero-order valence-corrected chi connectivity index (χ0v) is 25.7. The van der Waals surface area contributed by atoms with Crippen LogP contribution < -0.4 is 20.5 Å². The summed E-state index contributed by atoms with van der Waals surface area (Å²) in [6, 6.07) is 15.1. The van der Waals surface area contributed by atoms with Gasteiger partial charge in [-0.1, -0.05) is 0 Å². The smallest absolute Gasteiger partial charge is 0.254 e. The molecule has 1 amide bonds. The number of carbonyl (C=O) groups excluding carboxylic acids is 1. The number of hydrogen-bond donors (Lipinski definition) is 3. The van der Waals surface area contributed by atoms with Crippen LogP contribution in [0.3, 0.4) is 0 Å². The van der Waals surface area contributed by atoms with Gasteiger partial charge in [0, 0.05) is 54.9 Å². The number of ether oxygens (including phenoxy) is 2. The Morgan fingerprint density at radius 3 is 2.56 bits per heavy atom. The Balaban J connectivity index is 1.19. The minimum atomic E-state index is -0.0108. The molecule has 8 rings (SSSR count). The fourth-order valence-corrected chi connectivity index (χ4v) is 7.30. The Morgan fingerprint density at radius 2 is 1.84 bits per heavy atom. The molecule has 0 spiro atoms. The average Bonchev–Trinajstić information content (AvgIpc) is 3.46. The van der Waals surface area contributed by atoms with Crippen LogP contribution in [-0.2, 0) is 13.6 Å². The van der Waals surface area contributed by atoms with Gasteiger partial charge in [-0.05, 0) is 80.0 Å². The first-order valence-electron chi connectivity index (χ1n) is 15.6.